The van der Waals surface area contributed by atoms with Crippen molar-refractivity contribution in [2.75, 3.05) is 26.9 Å². The number of esters is 1. The van der Waals surface area contributed by atoms with E-state index in [0.717, 1.165) is 5.56 Å². The van der Waals surface area contributed by atoms with E-state index in [2.05, 4.69) is 43.0 Å². The van der Waals surface area contributed by atoms with E-state index < -0.39 is 24.3 Å². The highest BCUT2D eigenvalue weighted by atomic mass is 79.9. The smallest absolute Gasteiger partial charge is 0.337 e. The molecule has 0 radical (unpaired) electrons. The normalized spacial score (nSPS) is 15.6. The van der Waals surface area contributed by atoms with Crippen LogP contribution in [0, 0.1) is 12.3 Å². The van der Waals surface area contributed by atoms with Crippen molar-refractivity contribution in [3.63, 3.8) is 0 Å². The van der Waals surface area contributed by atoms with Crippen LogP contribution in [0.5, 0.6) is 17.2 Å². The van der Waals surface area contributed by atoms with Crippen LogP contribution in [0.1, 0.15) is 31.0 Å². The number of methoxy groups -OCH3 is 1. The summed E-state index contributed by atoms with van der Waals surface area (Å²) in [5, 5.41) is 19.6. The molecule has 2 aromatic carbocycles. The SMILES string of the molecule is C#CCOc1ccc(/C=N\N[C@@H](O)COc2ccc([C@@H]3NC(=O)NC(C)=C3C(=O)OC)cc2OCC)cc1Br. The van der Waals surface area contributed by atoms with Crippen molar-refractivity contribution in [2.45, 2.75) is 26.1 Å². The van der Waals surface area contributed by atoms with Crippen molar-refractivity contribution >= 4 is 34.1 Å². The van der Waals surface area contributed by atoms with Gasteiger partial charge in [-0.1, -0.05) is 12.0 Å². The fourth-order valence-corrected chi connectivity index (χ4v) is 4.16. The molecule has 11 nitrogen and oxygen atoms in total. The van der Waals surface area contributed by atoms with Gasteiger partial charge in [-0.25, -0.2) is 9.59 Å². The van der Waals surface area contributed by atoms with Gasteiger partial charge in [0, 0.05) is 5.70 Å². The average molecular weight is 601 g/mol. The minimum Gasteiger partial charge on any atom is -0.490 e. The van der Waals surface area contributed by atoms with E-state index in [-0.39, 0.29) is 18.8 Å². The molecule has 12 heteroatoms. The first-order valence-corrected chi connectivity index (χ1v) is 12.6. The average Bonchev–Trinajstić information content (AvgIpc) is 2.91. The van der Waals surface area contributed by atoms with Gasteiger partial charge in [-0.3, -0.25) is 5.43 Å². The molecule has 1 aliphatic rings. The Morgan fingerprint density at radius 2 is 2.00 bits per heavy atom. The monoisotopic (exact) mass is 600 g/mol. The van der Waals surface area contributed by atoms with Crippen LogP contribution in [0.3, 0.4) is 0 Å². The lowest BCUT2D eigenvalue weighted by atomic mass is 9.95. The van der Waals surface area contributed by atoms with Crippen molar-refractivity contribution in [1.82, 2.24) is 16.1 Å². The topological polar surface area (TPSA) is 140 Å². The Balaban J connectivity index is 1.66. The second-order valence-electron chi connectivity index (χ2n) is 8.10. The lowest BCUT2D eigenvalue weighted by molar-refractivity contribution is -0.136. The lowest BCUT2D eigenvalue weighted by Gasteiger charge is -2.28. The number of hydrazone groups is 1. The van der Waals surface area contributed by atoms with E-state index in [1.807, 2.05) is 6.92 Å². The zero-order valence-corrected chi connectivity index (χ0v) is 23.2. The molecule has 0 saturated carbocycles. The van der Waals surface area contributed by atoms with Crippen LogP contribution in [0.25, 0.3) is 0 Å². The number of aliphatic hydroxyl groups is 1. The van der Waals surface area contributed by atoms with Gasteiger partial charge in [-0.2, -0.15) is 5.10 Å². The second kappa shape index (κ2) is 14.1. The van der Waals surface area contributed by atoms with E-state index in [9.17, 15) is 14.7 Å². The zero-order valence-electron chi connectivity index (χ0n) is 21.6. The molecule has 0 unspecified atom stereocenters. The van der Waals surface area contributed by atoms with Gasteiger partial charge in [-0.15, -0.1) is 6.42 Å². The van der Waals surface area contributed by atoms with Gasteiger partial charge >= 0.3 is 12.0 Å². The predicted octanol–water partition coefficient (Wildman–Crippen LogP) is 2.98. The van der Waals surface area contributed by atoms with Crippen molar-refractivity contribution in [2.24, 2.45) is 5.10 Å². The molecule has 0 spiro atoms. The number of nitrogens with zero attached hydrogens (tertiary/aromatic N) is 1. The minimum atomic E-state index is -1.13. The summed E-state index contributed by atoms with van der Waals surface area (Å²) >= 11 is 3.41. The summed E-state index contributed by atoms with van der Waals surface area (Å²) in [7, 11) is 1.27. The van der Waals surface area contributed by atoms with Crippen LogP contribution in [-0.2, 0) is 9.53 Å². The molecule has 1 heterocycles. The maximum absolute atomic E-state index is 12.4. The van der Waals surface area contributed by atoms with Crippen molar-refractivity contribution < 1.29 is 33.6 Å². The Labute approximate surface area is 234 Å². The molecular formula is C27H29BrN4O7. The Morgan fingerprint density at radius 1 is 1.23 bits per heavy atom. The Hall–Kier alpha value is -4.21. The summed E-state index contributed by atoms with van der Waals surface area (Å²) in [5.41, 5.74) is 4.60. The third kappa shape index (κ3) is 7.89. The summed E-state index contributed by atoms with van der Waals surface area (Å²) in [5.74, 6) is 3.17. The van der Waals surface area contributed by atoms with E-state index >= 15 is 0 Å². The third-order valence-electron chi connectivity index (χ3n) is 5.38. The first kappa shape index (κ1) is 29.3. The van der Waals surface area contributed by atoms with Crippen LogP contribution < -0.4 is 30.3 Å². The number of allylic oxidation sites excluding steroid dienone is 1. The van der Waals surface area contributed by atoms with E-state index in [1.54, 1.807) is 43.3 Å². The van der Waals surface area contributed by atoms with Crippen LogP contribution in [0.4, 0.5) is 4.79 Å². The molecule has 39 heavy (non-hydrogen) atoms. The lowest BCUT2D eigenvalue weighted by Crippen LogP contribution is -2.45. The number of aliphatic hydroxyl groups excluding tert-OH is 1. The number of amides is 2. The second-order valence-corrected chi connectivity index (χ2v) is 8.95. The maximum atomic E-state index is 12.4. The molecule has 0 aromatic heterocycles. The Kier molecular flexibility index (Phi) is 10.6. The van der Waals surface area contributed by atoms with Crippen molar-refractivity contribution in [3.05, 3.63) is 63.3 Å². The number of terminal acetylenes is 1. The van der Waals surface area contributed by atoms with Gasteiger partial charge in [0.15, 0.2) is 17.7 Å². The summed E-state index contributed by atoms with van der Waals surface area (Å²) < 4.78 is 22.5. The molecule has 1 aliphatic heterocycles. The highest BCUT2D eigenvalue weighted by molar-refractivity contribution is 9.10. The number of nitrogens with one attached hydrogen (secondary N) is 3. The van der Waals surface area contributed by atoms with Gasteiger partial charge in [0.1, 0.15) is 19.0 Å². The number of carbonyl (C=O) groups is 2. The van der Waals surface area contributed by atoms with Crippen LogP contribution in [0.2, 0.25) is 0 Å². The number of hydrogen-bond donors (Lipinski definition) is 4. The van der Waals surface area contributed by atoms with Gasteiger partial charge in [-0.05, 0) is 71.2 Å². The number of halogens is 1. The quantitative estimate of drug-likeness (QED) is 0.0958. The molecule has 2 aromatic rings. The van der Waals surface area contributed by atoms with E-state index in [4.69, 9.17) is 25.4 Å². The Bertz CT molecular complexity index is 1310. The van der Waals surface area contributed by atoms with Gasteiger partial charge in [0.05, 0.1) is 36.0 Å². The van der Waals surface area contributed by atoms with Gasteiger partial charge in [0.2, 0.25) is 0 Å². The fraction of sp³-hybridized carbons (Fsp3) is 0.296. The van der Waals surface area contributed by atoms with E-state index in [1.165, 1.54) is 13.3 Å². The number of hydrogen-bond acceptors (Lipinski definition) is 9. The highest BCUT2D eigenvalue weighted by Gasteiger charge is 2.32. The fourth-order valence-electron chi connectivity index (χ4n) is 3.65. The number of benzene rings is 2. The molecule has 0 saturated heterocycles. The molecule has 0 fully saturated rings. The van der Waals surface area contributed by atoms with Gasteiger partial charge < -0.3 is 34.7 Å². The number of urea groups is 1. The van der Waals surface area contributed by atoms with Gasteiger partial charge in [0.25, 0.3) is 0 Å². The molecule has 0 aliphatic carbocycles. The maximum Gasteiger partial charge on any atom is 0.337 e. The molecule has 2 amide bonds. The first-order chi connectivity index (χ1) is 18.8. The molecule has 3 rings (SSSR count). The predicted molar refractivity (Wildman–Crippen MR) is 147 cm³/mol. The summed E-state index contributed by atoms with van der Waals surface area (Å²) in [6.07, 6.45) is 5.61. The van der Waals surface area contributed by atoms with Crippen molar-refractivity contribution in [3.8, 4) is 29.6 Å². The minimum absolute atomic E-state index is 0.143. The van der Waals surface area contributed by atoms with Crippen LogP contribution in [0.15, 0.2) is 57.2 Å². The third-order valence-corrected chi connectivity index (χ3v) is 6.00. The number of carbonyl (C=O) groups excluding carboxylic acids is 2. The van der Waals surface area contributed by atoms with Crippen LogP contribution >= 0.6 is 15.9 Å². The van der Waals surface area contributed by atoms with Crippen LogP contribution in [-0.4, -0.2) is 56.5 Å². The van der Waals surface area contributed by atoms with E-state index in [0.29, 0.717) is 39.6 Å². The zero-order chi connectivity index (χ0) is 28.4. The molecule has 4 N–H and O–H groups in total. The molecule has 0 bridgehead atoms. The summed E-state index contributed by atoms with van der Waals surface area (Å²) in [4.78, 5) is 24.5. The highest BCUT2D eigenvalue weighted by Crippen LogP contribution is 2.35. The number of rotatable bonds is 12. The molecule has 206 valence electrons. The number of ether oxygens (including phenoxy) is 4. The first-order valence-electron chi connectivity index (χ1n) is 11.9. The standard InChI is InChI=1S/C27H29BrN4O7/c1-5-11-38-20-9-7-17(12-19(20)28)14-29-32-23(33)15-39-21-10-8-18(13-22(21)37-6-2)25-24(26(34)36-4)16(3)30-27(35)31-25/h1,7-10,12-14,23,25,32-33H,6,11,15H2,2-4H3,(H2,30,31,35)/b29-14-/t23-,25-/m0/s1. The van der Waals surface area contributed by atoms with Crippen molar-refractivity contribution in [1.29, 1.82) is 0 Å². The summed E-state index contributed by atoms with van der Waals surface area (Å²) in [6, 6.07) is 9.13. The Morgan fingerprint density at radius 3 is 2.69 bits per heavy atom. The largest absolute Gasteiger partial charge is 0.490 e. The molecular weight excluding hydrogens is 572 g/mol. The summed E-state index contributed by atoms with van der Waals surface area (Å²) in [6.45, 7) is 3.79. The molecule has 2 atom stereocenters.